The van der Waals surface area contributed by atoms with Gasteiger partial charge in [-0.1, -0.05) is 0 Å². The van der Waals surface area contributed by atoms with Gasteiger partial charge in [0.1, 0.15) is 5.75 Å². The molecule has 0 aromatic carbocycles. The summed E-state index contributed by atoms with van der Waals surface area (Å²) in [5, 5.41) is 4.32. The first kappa shape index (κ1) is 21.8. The van der Waals surface area contributed by atoms with E-state index in [0.717, 1.165) is 16.9 Å². The summed E-state index contributed by atoms with van der Waals surface area (Å²) in [6.07, 6.45) is -0.586. The lowest BCUT2D eigenvalue weighted by Gasteiger charge is -2.11. The highest BCUT2D eigenvalue weighted by molar-refractivity contribution is 5.68. The molecule has 2 atom stereocenters. The van der Waals surface area contributed by atoms with Gasteiger partial charge < -0.3 is 14.2 Å². The second-order valence-electron chi connectivity index (χ2n) is 7.50. The zero-order chi connectivity index (χ0) is 24.0. The van der Waals surface area contributed by atoms with E-state index in [9.17, 15) is 17.6 Å². The van der Waals surface area contributed by atoms with Crippen LogP contribution in [0, 0.1) is 5.95 Å². The van der Waals surface area contributed by atoms with Crippen molar-refractivity contribution in [3.05, 3.63) is 54.0 Å². The van der Waals surface area contributed by atoms with Gasteiger partial charge in [0.25, 0.3) is 0 Å². The molecule has 0 bridgehead atoms. The van der Waals surface area contributed by atoms with Gasteiger partial charge in [-0.15, -0.1) is 13.2 Å². The SMILES string of the molecule is COc1ncc(-c2cc([C@H]3C[C@@H]3c3ccc(OC(F)(F)F)cn3)c3ncc(F)n3n2)c(OC)n1. The summed E-state index contributed by atoms with van der Waals surface area (Å²) >= 11 is 0. The average molecular weight is 476 g/mol. The molecule has 0 unspecified atom stereocenters. The Morgan fingerprint density at radius 3 is 2.50 bits per heavy atom. The van der Waals surface area contributed by atoms with Crippen LogP contribution < -0.4 is 14.2 Å². The Morgan fingerprint density at radius 1 is 1.00 bits per heavy atom. The first-order valence-electron chi connectivity index (χ1n) is 9.98. The average Bonchev–Trinajstić information content (AvgIpc) is 3.53. The fourth-order valence-corrected chi connectivity index (χ4v) is 3.82. The molecule has 0 radical (unpaired) electrons. The van der Waals surface area contributed by atoms with Crippen LogP contribution in [0.4, 0.5) is 17.6 Å². The van der Waals surface area contributed by atoms with Crippen molar-refractivity contribution in [2.24, 2.45) is 0 Å². The number of pyridine rings is 1. The van der Waals surface area contributed by atoms with Crippen LogP contribution in [-0.4, -0.2) is 50.1 Å². The molecule has 1 fully saturated rings. The molecule has 176 valence electrons. The van der Waals surface area contributed by atoms with Crippen LogP contribution >= 0.6 is 0 Å². The molecular formula is C21H16F4N6O3. The van der Waals surface area contributed by atoms with Crippen LogP contribution in [0.5, 0.6) is 17.6 Å². The molecule has 0 spiro atoms. The van der Waals surface area contributed by atoms with Gasteiger partial charge in [-0.3, -0.25) is 4.98 Å². The third-order valence-corrected chi connectivity index (χ3v) is 5.40. The van der Waals surface area contributed by atoms with E-state index >= 15 is 0 Å². The molecule has 13 heteroatoms. The number of rotatable bonds is 6. The van der Waals surface area contributed by atoms with Crippen LogP contribution in [0.1, 0.15) is 29.5 Å². The number of imidazole rings is 1. The zero-order valence-electron chi connectivity index (χ0n) is 17.7. The number of ether oxygens (including phenoxy) is 3. The fraction of sp³-hybridized carbons (Fsp3) is 0.286. The second kappa shape index (κ2) is 8.08. The Balaban J connectivity index is 1.50. The Morgan fingerprint density at radius 2 is 1.82 bits per heavy atom. The van der Waals surface area contributed by atoms with Gasteiger partial charge in [-0.2, -0.15) is 19.0 Å². The lowest BCUT2D eigenvalue weighted by atomic mass is 10.1. The summed E-state index contributed by atoms with van der Waals surface area (Å²) in [5.41, 5.74) is 2.40. The molecule has 4 aromatic heterocycles. The maximum Gasteiger partial charge on any atom is 0.573 e. The molecule has 0 amide bonds. The predicted octanol–water partition coefficient (Wildman–Crippen LogP) is 3.91. The summed E-state index contributed by atoms with van der Waals surface area (Å²) in [4.78, 5) is 16.5. The first-order chi connectivity index (χ1) is 16.3. The molecule has 0 saturated heterocycles. The van der Waals surface area contributed by atoms with Crippen molar-refractivity contribution < 1.29 is 31.8 Å². The number of halogens is 4. The number of nitrogens with zero attached hydrogens (tertiary/aromatic N) is 6. The summed E-state index contributed by atoms with van der Waals surface area (Å²) in [6.45, 7) is 0. The van der Waals surface area contributed by atoms with E-state index in [1.165, 1.54) is 32.5 Å². The summed E-state index contributed by atoms with van der Waals surface area (Å²) in [5.74, 6) is -1.05. The van der Waals surface area contributed by atoms with Crippen LogP contribution in [0.3, 0.4) is 0 Å². The number of fused-ring (bicyclic) bond motifs is 1. The molecule has 4 aromatic rings. The Kier molecular flexibility index (Phi) is 5.18. The minimum atomic E-state index is -4.79. The van der Waals surface area contributed by atoms with E-state index in [1.54, 1.807) is 6.07 Å². The van der Waals surface area contributed by atoms with E-state index in [4.69, 9.17) is 9.47 Å². The van der Waals surface area contributed by atoms with Crippen LogP contribution in [0.25, 0.3) is 16.9 Å². The van der Waals surface area contributed by atoms with Crippen molar-refractivity contribution in [3.63, 3.8) is 0 Å². The lowest BCUT2D eigenvalue weighted by Crippen LogP contribution is -2.17. The van der Waals surface area contributed by atoms with Gasteiger partial charge in [0.05, 0.1) is 37.9 Å². The van der Waals surface area contributed by atoms with Crippen molar-refractivity contribution in [1.82, 2.24) is 29.5 Å². The Labute approximate surface area is 189 Å². The number of methoxy groups -OCH3 is 2. The number of hydrogen-bond donors (Lipinski definition) is 0. The van der Waals surface area contributed by atoms with Crippen molar-refractivity contribution in [1.29, 1.82) is 0 Å². The molecule has 1 saturated carbocycles. The normalized spacial score (nSPS) is 17.6. The van der Waals surface area contributed by atoms with E-state index in [2.05, 4.69) is 29.8 Å². The highest BCUT2D eigenvalue weighted by Crippen LogP contribution is 2.55. The van der Waals surface area contributed by atoms with Gasteiger partial charge >= 0.3 is 12.4 Å². The zero-order valence-corrected chi connectivity index (χ0v) is 17.7. The predicted molar refractivity (Wildman–Crippen MR) is 108 cm³/mol. The van der Waals surface area contributed by atoms with Gasteiger partial charge in [-0.25, -0.2) is 9.97 Å². The van der Waals surface area contributed by atoms with Crippen molar-refractivity contribution in [2.45, 2.75) is 24.6 Å². The quantitative estimate of drug-likeness (QED) is 0.387. The van der Waals surface area contributed by atoms with Crippen molar-refractivity contribution in [2.75, 3.05) is 14.2 Å². The molecular weight excluding hydrogens is 460 g/mol. The fourth-order valence-electron chi connectivity index (χ4n) is 3.82. The molecule has 4 heterocycles. The number of alkyl halides is 3. The monoisotopic (exact) mass is 476 g/mol. The summed E-state index contributed by atoms with van der Waals surface area (Å²) in [6, 6.07) is 4.55. The summed E-state index contributed by atoms with van der Waals surface area (Å²) in [7, 11) is 2.85. The molecule has 5 rings (SSSR count). The van der Waals surface area contributed by atoms with Crippen LogP contribution in [0.15, 0.2) is 36.8 Å². The lowest BCUT2D eigenvalue weighted by molar-refractivity contribution is -0.274. The highest BCUT2D eigenvalue weighted by atomic mass is 19.4. The smallest absolute Gasteiger partial charge is 0.480 e. The van der Waals surface area contributed by atoms with Gasteiger partial charge in [0, 0.05) is 23.4 Å². The van der Waals surface area contributed by atoms with Gasteiger partial charge in [0.2, 0.25) is 11.8 Å². The van der Waals surface area contributed by atoms with Crippen LogP contribution in [0.2, 0.25) is 0 Å². The van der Waals surface area contributed by atoms with E-state index < -0.39 is 18.1 Å². The van der Waals surface area contributed by atoms with Gasteiger partial charge in [-0.05, 0) is 30.5 Å². The largest absolute Gasteiger partial charge is 0.573 e. The van der Waals surface area contributed by atoms with E-state index in [1.807, 2.05) is 0 Å². The van der Waals surface area contributed by atoms with E-state index in [0.29, 0.717) is 34.6 Å². The number of hydrogen-bond acceptors (Lipinski definition) is 8. The summed E-state index contributed by atoms with van der Waals surface area (Å²) < 4.78 is 66.9. The highest BCUT2D eigenvalue weighted by Gasteiger charge is 2.43. The third kappa shape index (κ3) is 4.04. The van der Waals surface area contributed by atoms with E-state index in [-0.39, 0.29) is 23.7 Å². The number of aromatic nitrogens is 6. The first-order valence-corrected chi connectivity index (χ1v) is 9.98. The second-order valence-corrected chi connectivity index (χ2v) is 7.50. The minimum Gasteiger partial charge on any atom is -0.480 e. The maximum absolute atomic E-state index is 14.4. The third-order valence-electron chi connectivity index (χ3n) is 5.40. The van der Waals surface area contributed by atoms with Gasteiger partial charge in [0.15, 0.2) is 5.65 Å². The molecule has 1 aliphatic carbocycles. The van der Waals surface area contributed by atoms with Crippen LogP contribution in [-0.2, 0) is 0 Å². The topological polar surface area (TPSA) is 96.6 Å². The molecule has 0 aliphatic heterocycles. The standard InChI is InChI=1S/C21H16F4N6O3/c1-32-19-14(8-28-20(29-19)33-2)16-6-13(18-27-9-17(22)31(18)30-16)11-5-12(11)15-4-3-10(7-26-15)34-21(23,24)25/h3-4,6-9,11-12H,5H2,1-2H3/t11-,12-/m0/s1. The van der Waals surface area contributed by atoms with Crippen molar-refractivity contribution >= 4 is 5.65 Å². The molecule has 0 N–H and O–H groups in total. The molecule has 1 aliphatic rings. The molecule has 34 heavy (non-hydrogen) atoms. The Bertz CT molecular complexity index is 1360. The maximum atomic E-state index is 14.4. The van der Waals surface area contributed by atoms with Crippen molar-refractivity contribution in [3.8, 4) is 28.9 Å². The Hall–Kier alpha value is -4.03. The minimum absolute atomic E-state index is 0.0900. The molecule has 9 nitrogen and oxygen atoms in total.